The van der Waals surface area contributed by atoms with E-state index < -0.39 is 0 Å². The van der Waals surface area contributed by atoms with Gasteiger partial charge in [0.25, 0.3) is 0 Å². The molecule has 0 spiro atoms. The van der Waals surface area contributed by atoms with Crippen LogP contribution in [0.3, 0.4) is 0 Å². The SMILES string of the molecule is COC(C)CCC(=O)Nc1ccc(C#N)cc1. The Morgan fingerprint density at radius 1 is 1.47 bits per heavy atom. The van der Waals surface area contributed by atoms with Crippen molar-refractivity contribution in [2.75, 3.05) is 12.4 Å². The zero-order chi connectivity index (χ0) is 12.7. The third-order valence-corrected chi connectivity index (χ3v) is 2.48. The second kappa shape index (κ2) is 6.66. The summed E-state index contributed by atoms with van der Waals surface area (Å²) in [5.74, 6) is -0.0430. The van der Waals surface area contributed by atoms with Crippen LogP contribution in [0.1, 0.15) is 25.3 Å². The van der Waals surface area contributed by atoms with E-state index in [4.69, 9.17) is 10.00 Å². The predicted molar refractivity (Wildman–Crippen MR) is 65.5 cm³/mol. The Hall–Kier alpha value is -1.86. The van der Waals surface area contributed by atoms with Crippen molar-refractivity contribution in [3.8, 4) is 6.07 Å². The largest absolute Gasteiger partial charge is 0.382 e. The van der Waals surface area contributed by atoms with Gasteiger partial charge in [0, 0.05) is 19.2 Å². The van der Waals surface area contributed by atoms with Crippen LogP contribution >= 0.6 is 0 Å². The van der Waals surface area contributed by atoms with Gasteiger partial charge in [-0.05, 0) is 37.6 Å². The van der Waals surface area contributed by atoms with Crippen LogP contribution in [0.4, 0.5) is 5.69 Å². The molecule has 4 heteroatoms. The maximum Gasteiger partial charge on any atom is 0.224 e. The van der Waals surface area contributed by atoms with Crippen molar-refractivity contribution in [3.63, 3.8) is 0 Å². The summed E-state index contributed by atoms with van der Waals surface area (Å²) in [4.78, 5) is 11.6. The molecule has 1 amide bonds. The maximum atomic E-state index is 11.6. The van der Waals surface area contributed by atoms with Crippen molar-refractivity contribution in [2.45, 2.75) is 25.9 Å². The molecule has 0 bridgehead atoms. The molecular weight excluding hydrogens is 216 g/mol. The van der Waals surface area contributed by atoms with Crippen LogP contribution in [0.15, 0.2) is 24.3 Å². The van der Waals surface area contributed by atoms with Crippen LogP contribution < -0.4 is 5.32 Å². The second-order valence-electron chi connectivity index (χ2n) is 3.82. The first-order valence-corrected chi connectivity index (χ1v) is 5.48. The number of anilines is 1. The molecule has 0 aliphatic heterocycles. The van der Waals surface area contributed by atoms with E-state index in [9.17, 15) is 4.79 Å². The molecular formula is C13H16N2O2. The number of hydrogen-bond acceptors (Lipinski definition) is 3. The number of hydrogen-bond donors (Lipinski definition) is 1. The summed E-state index contributed by atoms with van der Waals surface area (Å²) < 4.78 is 5.07. The number of nitrogens with zero attached hydrogens (tertiary/aromatic N) is 1. The number of ether oxygens (including phenoxy) is 1. The normalized spacial score (nSPS) is 11.6. The minimum atomic E-state index is -0.0430. The lowest BCUT2D eigenvalue weighted by atomic mass is 10.2. The highest BCUT2D eigenvalue weighted by atomic mass is 16.5. The predicted octanol–water partition coefficient (Wildman–Crippen LogP) is 2.31. The van der Waals surface area contributed by atoms with E-state index in [1.54, 1.807) is 31.4 Å². The van der Waals surface area contributed by atoms with Crippen molar-refractivity contribution in [1.29, 1.82) is 5.26 Å². The summed E-state index contributed by atoms with van der Waals surface area (Å²) in [6.07, 6.45) is 1.20. The molecule has 0 heterocycles. The minimum absolute atomic E-state index is 0.0430. The van der Waals surface area contributed by atoms with E-state index in [1.165, 1.54) is 0 Å². The smallest absolute Gasteiger partial charge is 0.224 e. The molecule has 0 aromatic heterocycles. The van der Waals surface area contributed by atoms with Gasteiger partial charge in [-0.1, -0.05) is 0 Å². The number of nitriles is 1. The molecule has 1 rings (SSSR count). The average molecular weight is 232 g/mol. The highest BCUT2D eigenvalue weighted by Crippen LogP contribution is 2.10. The Morgan fingerprint density at radius 2 is 2.12 bits per heavy atom. The standard InChI is InChI=1S/C13H16N2O2/c1-10(17-2)3-8-13(16)15-12-6-4-11(9-14)5-7-12/h4-7,10H,3,8H2,1-2H3,(H,15,16). The molecule has 17 heavy (non-hydrogen) atoms. The van der Waals surface area contributed by atoms with Crippen molar-refractivity contribution >= 4 is 11.6 Å². The summed E-state index contributed by atoms with van der Waals surface area (Å²) >= 11 is 0. The van der Waals surface area contributed by atoms with Crippen molar-refractivity contribution in [2.24, 2.45) is 0 Å². The van der Waals surface area contributed by atoms with Gasteiger partial charge in [-0.25, -0.2) is 0 Å². The molecule has 4 nitrogen and oxygen atoms in total. The van der Waals surface area contributed by atoms with Crippen LogP contribution in [0.25, 0.3) is 0 Å². The van der Waals surface area contributed by atoms with Crippen LogP contribution in [0.2, 0.25) is 0 Å². The Morgan fingerprint density at radius 3 is 2.65 bits per heavy atom. The average Bonchev–Trinajstić information content (AvgIpc) is 2.36. The third-order valence-electron chi connectivity index (χ3n) is 2.48. The second-order valence-corrected chi connectivity index (χ2v) is 3.82. The molecule has 1 atom stereocenters. The number of amides is 1. The van der Waals surface area contributed by atoms with Gasteiger partial charge in [0.05, 0.1) is 17.7 Å². The quantitative estimate of drug-likeness (QED) is 0.847. The lowest BCUT2D eigenvalue weighted by Crippen LogP contribution is -2.15. The van der Waals surface area contributed by atoms with Gasteiger partial charge in [-0.2, -0.15) is 5.26 Å². The molecule has 0 saturated heterocycles. The zero-order valence-corrected chi connectivity index (χ0v) is 10.1. The molecule has 0 saturated carbocycles. The van der Waals surface area contributed by atoms with E-state index in [2.05, 4.69) is 5.32 Å². The van der Waals surface area contributed by atoms with Crippen molar-refractivity contribution in [1.82, 2.24) is 0 Å². The lowest BCUT2D eigenvalue weighted by molar-refractivity contribution is -0.116. The summed E-state index contributed by atoms with van der Waals surface area (Å²) in [6.45, 7) is 1.93. The zero-order valence-electron chi connectivity index (χ0n) is 10.1. The van der Waals surface area contributed by atoms with Gasteiger partial charge in [0.1, 0.15) is 0 Å². The summed E-state index contributed by atoms with van der Waals surface area (Å²) in [5.41, 5.74) is 1.29. The molecule has 0 radical (unpaired) electrons. The topological polar surface area (TPSA) is 62.1 Å². The van der Waals surface area contributed by atoms with E-state index in [-0.39, 0.29) is 12.0 Å². The van der Waals surface area contributed by atoms with Gasteiger partial charge in [-0.15, -0.1) is 0 Å². The first kappa shape index (κ1) is 13.2. The molecule has 1 N–H and O–H groups in total. The third kappa shape index (κ3) is 4.66. The molecule has 1 aromatic carbocycles. The van der Waals surface area contributed by atoms with Gasteiger partial charge >= 0.3 is 0 Å². The number of carbonyl (C=O) groups excluding carboxylic acids is 1. The molecule has 0 aliphatic rings. The Balaban J connectivity index is 2.43. The molecule has 0 fully saturated rings. The van der Waals surface area contributed by atoms with Crippen LogP contribution in [-0.2, 0) is 9.53 Å². The van der Waals surface area contributed by atoms with E-state index >= 15 is 0 Å². The first-order chi connectivity index (χ1) is 8.15. The highest BCUT2D eigenvalue weighted by molar-refractivity contribution is 5.90. The Kier molecular flexibility index (Phi) is 5.18. The maximum absolute atomic E-state index is 11.6. The minimum Gasteiger partial charge on any atom is -0.382 e. The van der Waals surface area contributed by atoms with Gasteiger partial charge < -0.3 is 10.1 Å². The number of methoxy groups -OCH3 is 1. The molecule has 1 aromatic rings. The monoisotopic (exact) mass is 232 g/mol. The molecule has 0 aliphatic carbocycles. The summed E-state index contributed by atoms with van der Waals surface area (Å²) in [7, 11) is 1.63. The van der Waals surface area contributed by atoms with Crippen LogP contribution in [0.5, 0.6) is 0 Å². The molecule has 1 unspecified atom stereocenters. The summed E-state index contributed by atoms with van der Waals surface area (Å²) in [6, 6.07) is 8.81. The highest BCUT2D eigenvalue weighted by Gasteiger charge is 2.06. The van der Waals surface area contributed by atoms with Gasteiger partial charge in [0.2, 0.25) is 5.91 Å². The molecule has 90 valence electrons. The number of nitrogens with one attached hydrogen (secondary N) is 1. The van der Waals surface area contributed by atoms with Crippen molar-refractivity contribution in [3.05, 3.63) is 29.8 Å². The lowest BCUT2D eigenvalue weighted by Gasteiger charge is -2.09. The van der Waals surface area contributed by atoms with Crippen molar-refractivity contribution < 1.29 is 9.53 Å². The summed E-state index contributed by atoms with van der Waals surface area (Å²) in [5, 5.41) is 11.4. The van der Waals surface area contributed by atoms with E-state index in [0.29, 0.717) is 24.1 Å². The fourth-order valence-corrected chi connectivity index (χ4v) is 1.30. The fraction of sp³-hybridized carbons (Fsp3) is 0.385. The van der Waals surface area contributed by atoms with Gasteiger partial charge in [0.15, 0.2) is 0 Å². The number of benzene rings is 1. The Labute approximate surface area is 101 Å². The van der Waals surface area contributed by atoms with Crippen LogP contribution in [0, 0.1) is 11.3 Å². The first-order valence-electron chi connectivity index (χ1n) is 5.48. The van der Waals surface area contributed by atoms with Gasteiger partial charge in [-0.3, -0.25) is 4.79 Å². The van der Waals surface area contributed by atoms with E-state index in [1.807, 2.05) is 13.0 Å². The van der Waals surface area contributed by atoms with Crippen LogP contribution in [-0.4, -0.2) is 19.1 Å². The van der Waals surface area contributed by atoms with E-state index in [0.717, 1.165) is 0 Å². The number of carbonyl (C=O) groups is 1. The number of rotatable bonds is 5. The Bertz CT molecular complexity index is 406. The fourth-order valence-electron chi connectivity index (χ4n) is 1.30.